The second-order valence-corrected chi connectivity index (χ2v) is 4.26. The van der Waals surface area contributed by atoms with E-state index in [-0.39, 0.29) is 0 Å². The van der Waals surface area contributed by atoms with Gasteiger partial charge in [-0.2, -0.15) is 5.26 Å². The third-order valence-corrected chi connectivity index (χ3v) is 2.49. The highest BCUT2D eigenvalue weighted by atomic mass is 79.9. The molecule has 0 aromatic heterocycles. The first kappa shape index (κ1) is 11.1. The summed E-state index contributed by atoms with van der Waals surface area (Å²) in [4.78, 5) is 0. The van der Waals surface area contributed by atoms with E-state index in [1.54, 1.807) is 13.2 Å². The molecule has 0 fully saturated rings. The molecule has 0 saturated heterocycles. The van der Waals surface area contributed by atoms with Crippen molar-refractivity contribution in [2.75, 3.05) is 7.11 Å². The van der Waals surface area contributed by atoms with Crippen LogP contribution >= 0.6 is 15.9 Å². The van der Waals surface area contributed by atoms with Crippen molar-refractivity contribution in [2.45, 2.75) is 19.8 Å². The zero-order valence-corrected chi connectivity index (χ0v) is 10.1. The molecule has 0 bridgehead atoms. The van der Waals surface area contributed by atoms with Crippen LogP contribution in [0.5, 0.6) is 5.75 Å². The summed E-state index contributed by atoms with van der Waals surface area (Å²) in [6.07, 6.45) is 0. The number of nitrogens with zero attached hydrogens (tertiary/aromatic N) is 1. The lowest BCUT2D eigenvalue weighted by atomic mass is 9.99. The lowest BCUT2D eigenvalue weighted by Crippen LogP contribution is -1.97. The summed E-state index contributed by atoms with van der Waals surface area (Å²) < 4.78 is 6.16. The third kappa shape index (κ3) is 2.08. The average molecular weight is 254 g/mol. The monoisotopic (exact) mass is 253 g/mol. The van der Waals surface area contributed by atoms with Gasteiger partial charge < -0.3 is 4.74 Å². The van der Waals surface area contributed by atoms with Gasteiger partial charge >= 0.3 is 0 Å². The van der Waals surface area contributed by atoms with Crippen LogP contribution in [0.15, 0.2) is 16.6 Å². The van der Waals surface area contributed by atoms with E-state index in [1.807, 2.05) is 6.07 Å². The zero-order chi connectivity index (χ0) is 10.7. The minimum Gasteiger partial charge on any atom is -0.495 e. The van der Waals surface area contributed by atoms with Gasteiger partial charge in [-0.1, -0.05) is 29.8 Å². The second-order valence-electron chi connectivity index (χ2n) is 3.34. The van der Waals surface area contributed by atoms with E-state index in [9.17, 15) is 0 Å². The Balaban J connectivity index is 3.41. The lowest BCUT2D eigenvalue weighted by Gasteiger charge is -2.13. The van der Waals surface area contributed by atoms with Gasteiger partial charge in [-0.15, -0.1) is 0 Å². The summed E-state index contributed by atoms with van der Waals surface area (Å²) >= 11 is 3.38. The standard InChI is InChI=1S/C11H12BrNO/c1-7(2)10-5-9(12)4-8(6-13)11(10)14-3/h4-5,7H,1-3H3. The van der Waals surface area contributed by atoms with E-state index < -0.39 is 0 Å². The molecular weight excluding hydrogens is 242 g/mol. The van der Waals surface area contributed by atoms with Gasteiger partial charge in [-0.25, -0.2) is 0 Å². The highest BCUT2D eigenvalue weighted by molar-refractivity contribution is 9.10. The number of halogens is 1. The molecule has 1 aromatic rings. The van der Waals surface area contributed by atoms with E-state index in [0.717, 1.165) is 10.0 Å². The van der Waals surface area contributed by atoms with E-state index in [1.165, 1.54) is 0 Å². The molecule has 1 rings (SSSR count). The molecule has 2 nitrogen and oxygen atoms in total. The van der Waals surface area contributed by atoms with Gasteiger partial charge in [0, 0.05) is 4.47 Å². The van der Waals surface area contributed by atoms with Crippen molar-refractivity contribution >= 4 is 15.9 Å². The van der Waals surface area contributed by atoms with Gasteiger partial charge in [-0.05, 0) is 23.6 Å². The molecule has 0 aliphatic carbocycles. The fourth-order valence-electron chi connectivity index (χ4n) is 1.35. The van der Waals surface area contributed by atoms with E-state index in [2.05, 4.69) is 35.8 Å². The molecule has 0 aliphatic rings. The quantitative estimate of drug-likeness (QED) is 0.809. The molecule has 0 saturated carbocycles. The molecule has 0 aliphatic heterocycles. The molecule has 14 heavy (non-hydrogen) atoms. The zero-order valence-electron chi connectivity index (χ0n) is 8.47. The van der Waals surface area contributed by atoms with E-state index in [4.69, 9.17) is 10.00 Å². The Kier molecular flexibility index (Phi) is 3.54. The minimum atomic E-state index is 0.342. The Morgan fingerprint density at radius 2 is 2.07 bits per heavy atom. The first-order valence-electron chi connectivity index (χ1n) is 4.37. The van der Waals surface area contributed by atoms with Crippen molar-refractivity contribution < 1.29 is 4.74 Å². The maximum absolute atomic E-state index is 8.93. The predicted molar refractivity (Wildman–Crippen MR) is 59.5 cm³/mol. The van der Waals surface area contributed by atoms with Crippen LogP contribution in [0, 0.1) is 11.3 Å². The van der Waals surface area contributed by atoms with Crippen LogP contribution in [0.1, 0.15) is 30.9 Å². The summed E-state index contributed by atoms with van der Waals surface area (Å²) in [6, 6.07) is 5.89. The molecule has 0 atom stereocenters. The first-order chi connectivity index (χ1) is 6.60. The number of ether oxygens (including phenoxy) is 1. The molecule has 0 heterocycles. The van der Waals surface area contributed by atoms with Crippen LogP contribution < -0.4 is 4.74 Å². The topological polar surface area (TPSA) is 33.0 Å². The molecule has 0 N–H and O–H groups in total. The summed E-state index contributed by atoms with van der Waals surface area (Å²) in [6.45, 7) is 4.15. The Labute approximate surface area is 92.6 Å². The Morgan fingerprint density at radius 1 is 1.43 bits per heavy atom. The van der Waals surface area contributed by atoms with Crippen molar-refractivity contribution in [1.82, 2.24) is 0 Å². The van der Waals surface area contributed by atoms with Gasteiger partial charge in [0.25, 0.3) is 0 Å². The molecule has 0 radical (unpaired) electrons. The molecule has 0 amide bonds. The second kappa shape index (κ2) is 4.47. The first-order valence-corrected chi connectivity index (χ1v) is 5.17. The average Bonchev–Trinajstić information content (AvgIpc) is 2.16. The molecule has 74 valence electrons. The number of hydrogen-bond acceptors (Lipinski definition) is 2. The van der Waals surface area contributed by atoms with Crippen LogP contribution in [-0.4, -0.2) is 7.11 Å². The fourth-order valence-corrected chi connectivity index (χ4v) is 1.83. The minimum absolute atomic E-state index is 0.342. The maximum atomic E-state index is 8.93. The normalized spacial score (nSPS) is 10.0. The summed E-state index contributed by atoms with van der Waals surface area (Å²) in [5, 5.41) is 8.93. The Morgan fingerprint density at radius 3 is 2.50 bits per heavy atom. The number of hydrogen-bond donors (Lipinski definition) is 0. The van der Waals surface area contributed by atoms with Crippen LogP contribution in [0.3, 0.4) is 0 Å². The highest BCUT2D eigenvalue weighted by Gasteiger charge is 2.13. The van der Waals surface area contributed by atoms with E-state index in [0.29, 0.717) is 17.2 Å². The summed E-state index contributed by atoms with van der Waals surface area (Å²) in [7, 11) is 1.59. The molecular formula is C11H12BrNO. The summed E-state index contributed by atoms with van der Waals surface area (Å²) in [5.41, 5.74) is 1.63. The Bertz CT molecular complexity index is 380. The molecule has 1 aromatic carbocycles. The SMILES string of the molecule is COc1c(C#N)cc(Br)cc1C(C)C. The van der Waals surface area contributed by atoms with Crippen molar-refractivity contribution in [1.29, 1.82) is 5.26 Å². The predicted octanol–water partition coefficient (Wildman–Crippen LogP) is 3.45. The third-order valence-electron chi connectivity index (χ3n) is 2.03. The van der Waals surface area contributed by atoms with Crippen LogP contribution in [0.2, 0.25) is 0 Å². The van der Waals surface area contributed by atoms with Crippen LogP contribution in [-0.2, 0) is 0 Å². The van der Waals surface area contributed by atoms with Crippen molar-refractivity contribution in [3.05, 3.63) is 27.7 Å². The number of methoxy groups -OCH3 is 1. The van der Waals surface area contributed by atoms with Crippen LogP contribution in [0.25, 0.3) is 0 Å². The summed E-state index contributed by atoms with van der Waals surface area (Å²) in [5.74, 6) is 1.03. The van der Waals surface area contributed by atoms with E-state index >= 15 is 0 Å². The smallest absolute Gasteiger partial charge is 0.140 e. The number of rotatable bonds is 2. The Hall–Kier alpha value is -1.01. The molecule has 0 unspecified atom stereocenters. The molecule has 0 spiro atoms. The largest absolute Gasteiger partial charge is 0.495 e. The van der Waals surface area contributed by atoms with Gasteiger partial charge in [0.2, 0.25) is 0 Å². The molecule has 3 heteroatoms. The lowest BCUT2D eigenvalue weighted by molar-refractivity contribution is 0.406. The van der Waals surface area contributed by atoms with Gasteiger partial charge in [-0.3, -0.25) is 0 Å². The van der Waals surface area contributed by atoms with Crippen molar-refractivity contribution in [3.63, 3.8) is 0 Å². The maximum Gasteiger partial charge on any atom is 0.140 e. The van der Waals surface area contributed by atoms with Gasteiger partial charge in [0.15, 0.2) is 0 Å². The van der Waals surface area contributed by atoms with Crippen molar-refractivity contribution in [2.24, 2.45) is 0 Å². The number of nitriles is 1. The number of benzene rings is 1. The van der Waals surface area contributed by atoms with Crippen molar-refractivity contribution in [3.8, 4) is 11.8 Å². The highest BCUT2D eigenvalue weighted by Crippen LogP contribution is 2.32. The van der Waals surface area contributed by atoms with Gasteiger partial charge in [0.1, 0.15) is 11.8 Å². The fraction of sp³-hybridized carbons (Fsp3) is 0.364. The van der Waals surface area contributed by atoms with Crippen LogP contribution in [0.4, 0.5) is 0 Å². The van der Waals surface area contributed by atoms with Gasteiger partial charge in [0.05, 0.1) is 12.7 Å².